The third-order valence-electron chi connectivity index (χ3n) is 4.81. The van der Waals surface area contributed by atoms with Gasteiger partial charge in [0.15, 0.2) is 0 Å². The highest BCUT2D eigenvalue weighted by molar-refractivity contribution is 5.96. The molecule has 3 rings (SSSR count). The van der Waals surface area contributed by atoms with E-state index < -0.39 is 5.97 Å². The lowest BCUT2D eigenvalue weighted by Gasteiger charge is -2.19. The molecule has 0 fully saturated rings. The minimum Gasteiger partial charge on any atom is -0.497 e. The molecule has 2 N–H and O–H groups in total. The average Bonchev–Trinajstić information content (AvgIpc) is 2.99. The molecule has 0 atom stereocenters. The Hall–Kier alpha value is -3.28. The van der Waals surface area contributed by atoms with E-state index in [0.29, 0.717) is 11.4 Å². The van der Waals surface area contributed by atoms with Crippen LogP contribution in [0.15, 0.2) is 42.5 Å². The number of rotatable bonds is 5. The van der Waals surface area contributed by atoms with E-state index in [1.54, 1.807) is 16.8 Å². The first kappa shape index (κ1) is 20.5. The van der Waals surface area contributed by atoms with Gasteiger partial charge in [-0.2, -0.15) is 5.10 Å². The molecule has 0 aliphatic rings. The third kappa shape index (κ3) is 4.11. The summed E-state index contributed by atoms with van der Waals surface area (Å²) in [5.74, 6) is 0.208. The number of ether oxygens (including phenoxy) is 1. The molecule has 2 aromatic carbocycles. The van der Waals surface area contributed by atoms with Gasteiger partial charge in [0, 0.05) is 18.0 Å². The molecule has 6 nitrogen and oxygen atoms in total. The number of anilines is 2. The SMILES string of the molecule is COc1ccc(Nc2c(-c3ccc(C)cc3)c(C(C)(C)C)nn2C)c(C(=O)O)c1. The second-order valence-corrected chi connectivity index (χ2v) is 8.15. The first-order valence-electron chi connectivity index (χ1n) is 9.44. The summed E-state index contributed by atoms with van der Waals surface area (Å²) < 4.78 is 6.95. The van der Waals surface area contributed by atoms with Crippen molar-refractivity contribution in [2.45, 2.75) is 33.1 Å². The van der Waals surface area contributed by atoms with Crippen molar-refractivity contribution >= 4 is 17.5 Å². The van der Waals surface area contributed by atoms with Gasteiger partial charge in [0.2, 0.25) is 0 Å². The van der Waals surface area contributed by atoms with Crippen molar-refractivity contribution < 1.29 is 14.6 Å². The molecule has 29 heavy (non-hydrogen) atoms. The number of nitrogens with zero attached hydrogens (tertiary/aromatic N) is 2. The second-order valence-electron chi connectivity index (χ2n) is 8.15. The highest BCUT2D eigenvalue weighted by Gasteiger charge is 2.27. The number of benzene rings is 2. The van der Waals surface area contributed by atoms with Crippen molar-refractivity contribution in [2.24, 2.45) is 7.05 Å². The predicted molar refractivity (Wildman–Crippen MR) is 115 cm³/mol. The zero-order chi connectivity index (χ0) is 21.3. The Labute approximate surface area is 171 Å². The maximum absolute atomic E-state index is 11.8. The number of methoxy groups -OCH3 is 1. The van der Waals surface area contributed by atoms with Crippen LogP contribution in [0.5, 0.6) is 5.75 Å². The largest absolute Gasteiger partial charge is 0.497 e. The number of aromatic carboxylic acids is 1. The van der Waals surface area contributed by atoms with Gasteiger partial charge in [0.05, 0.1) is 24.1 Å². The number of carboxylic acids is 1. The highest BCUT2D eigenvalue weighted by atomic mass is 16.5. The first-order chi connectivity index (χ1) is 13.6. The predicted octanol–water partition coefficient (Wildman–Crippen LogP) is 5.14. The normalized spacial score (nSPS) is 11.4. The Morgan fingerprint density at radius 1 is 1.14 bits per heavy atom. The van der Waals surface area contributed by atoms with Crippen molar-refractivity contribution in [3.8, 4) is 16.9 Å². The minimum absolute atomic E-state index is 0.137. The fourth-order valence-corrected chi connectivity index (χ4v) is 3.25. The summed E-state index contributed by atoms with van der Waals surface area (Å²) in [7, 11) is 3.37. The van der Waals surface area contributed by atoms with Crippen LogP contribution in [0.3, 0.4) is 0 Å². The molecule has 0 saturated carbocycles. The topological polar surface area (TPSA) is 76.4 Å². The fourth-order valence-electron chi connectivity index (χ4n) is 3.25. The van der Waals surface area contributed by atoms with Gasteiger partial charge in [0.1, 0.15) is 11.6 Å². The molecule has 0 spiro atoms. The maximum atomic E-state index is 11.8. The number of hydrogen-bond acceptors (Lipinski definition) is 4. The van der Waals surface area contributed by atoms with E-state index in [-0.39, 0.29) is 11.0 Å². The Morgan fingerprint density at radius 3 is 2.34 bits per heavy atom. The van der Waals surface area contributed by atoms with Gasteiger partial charge >= 0.3 is 5.97 Å². The Morgan fingerprint density at radius 2 is 1.79 bits per heavy atom. The zero-order valence-corrected chi connectivity index (χ0v) is 17.7. The van der Waals surface area contributed by atoms with Gasteiger partial charge in [-0.15, -0.1) is 0 Å². The van der Waals surface area contributed by atoms with Crippen molar-refractivity contribution in [1.82, 2.24) is 9.78 Å². The highest BCUT2D eigenvalue weighted by Crippen LogP contribution is 2.39. The molecule has 0 bridgehead atoms. The first-order valence-corrected chi connectivity index (χ1v) is 9.44. The van der Waals surface area contributed by atoms with Gasteiger partial charge in [-0.3, -0.25) is 4.68 Å². The maximum Gasteiger partial charge on any atom is 0.337 e. The molecule has 0 amide bonds. The lowest BCUT2D eigenvalue weighted by Crippen LogP contribution is -2.13. The monoisotopic (exact) mass is 393 g/mol. The molecular formula is C23H27N3O3. The lowest BCUT2D eigenvalue weighted by molar-refractivity contribution is 0.0697. The number of aryl methyl sites for hydroxylation is 2. The van der Waals surface area contributed by atoms with Gasteiger partial charge < -0.3 is 15.2 Å². The summed E-state index contributed by atoms with van der Waals surface area (Å²) in [4.78, 5) is 11.8. The molecule has 0 unspecified atom stereocenters. The Balaban J connectivity index is 2.19. The van der Waals surface area contributed by atoms with Gasteiger partial charge in [0.25, 0.3) is 0 Å². The quantitative estimate of drug-likeness (QED) is 0.627. The number of aromatic nitrogens is 2. The van der Waals surface area contributed by atoms with E-state index >= 15 is 0 Å². The van der Waals surface area contributed by atoms with Crippen LogP contribution in [0.25, 0.3) is 11.1 Å². The smallest absolute Gasteiger partial charge is 0.337 e. The second kappa shape index (κ2) is 7.62. The standard InChI is InChI=1S/C23H27N3O3/c1-14-7-9-15(10-8-14)19-20(23(2,3)4)25-26(5)21(19)24-18-12-11-16(29-6)13-17(18)22(27)28/h7-13,24H,1-6H3,(H,27,28). The summed E-state index contributed by atoms with van der Waals surface area (Å²) >= 11 is 0. The lowest BCUT2D eigenvalue weighted by atomic mass is 9.87. The number of hydrogen-bond donors (Lipinski definition) is 2. The number of carboxylic acid groups (broad SMARTS) is 1. The molecule has 0 aliphatic carbocycles. The zero-order valence-electron chi connectivity index (χ0n) is 17.7. The van der Waals surface area contributed by atoms with Crippen LogP contribution in [0.1, 0.15) is 42.4 Å². The van der Waals surface area contributed by atoms with Crippen LogP contribution in [0.4, 0.5) is 11.5 Å². The van der Waals surface area contributed by atoms with E-state index in [0.717, 1.165) is 22.6 Å². The van der Waals surface area contributed by atoms with E-state index in [4.69, 9.17) is 9.84 Å². The average molecular weight is 393 g/mol. The summed E-state index contributed by atoms with van der Waals surface area (Å²) in [5, 5.41) is 17.7. The molecule has 152 valence electrons. The Kier molecular flexibility index (Phi) is 5.38. The molecule has 0 radical (unpaired) electrons. The van der Waals surface area contributed by atoms with Crippen LogP contribution in [0, 0.1) is 6.92 Å². The van der Waals surface area contributed by atoms with Gasteiger partial charge in [-0.05, 0) is 30.7 Å². The van der Waals surface area contributed by atoms with Crippen molar-refractivity contribution in [2.75, 3.05) is 12.4 Å². The summed E-state index contributed by atoms with van der Waals surface area (Å²) in [6.07, 6.45) is 0. The molecule has 0 saturated heterocycles. The molecule has 0 aliphatic heterocycles. The van der Waals surface area contributed by atoms with E-state index in [9.17, 15) is 9.90 Å². The fraction of sp³-hybridized carbons (Fsp3) is 0.304. The summed E-state index contributed by atoms with van der Waals surface area (Å²) in [5.41, 5.74) is 4.54. The van der Waals surface area contributed by atoms with Crippen LogP contribution in [0.2, 0.25) is 0 Å². The van der Waals surface area contributed by atoms with Crippen LogP contribution in [-0.2, 0) is 12.5 Å². The molecule has 6 heteroatoms. The third-order valence-corrected chi connectivity index (χ3v) is 4.81. The van der Waals surface area contributed by atoms with E-state index in [1.165, 1.54) is 18.7 Å². The Bertz CT molecular complexity index is 1040. The molecule has 1 aromatic heterocycles. The van der Waals surface area contributed by atoms with Gasteiger partial charge in [-0.25, -0.2) is 4.79 Å². The molecule has 3 aromatic rings. The van der Waals surface area contributed by atoms with E-state index in [2.05, 4.69) is 50.4 Å². The number of carbonyl (C=O) groups is 1. The summed E-state index contributed by atoms with van der Waals surface area (Å²) in [6, 6.07) is 13.2. The van der Waals surface area contributed by atoms with Crippen molar-refractivity contribution in [3.05, 3.63) is 59.3 Å². The van der Waals surface area contributed by atoms with Crippen LogP contribution in [-0.4, -0.2) is 28.0 Å². The summed E-state index contributed by atoms with van der Waals surface area (Å²) in [6.45, 7) is 8.40. The van der Waals surface area contributed by atoms with E-state index in [1.807, 2.05) is 14.0 Å². The molecular weight excluding hydrogens is 366 g/mol. The van der Waals surface area contributed by atoms with Gasteiger partial charge in [-0.1, -0.05) is 50.6 Å². The number of nitrogens with one attached hydrogen (secondary N) is 1. The minimum atomic E-state index is -1.03. The van der Waals surface area contributed by atoms with Crippen molar-refractivity contribution in [1.29, 1.82) is 0 Å². The van der Waals surface area contributed by atoms with Crippen molar-refractivity contribution in [3.63, 3.8) is 0 Å². The van der Waals surface area contributed by atoms with Crippen LogP contribution >= 0.6 is 0 Å². The van der Waals surface area contributed by atoms with Crippen LogP contribution < -0.4 is 10.1 Å². The molecule has 1 heterocycles.